The highest BCUT2D eigenvalue weighted by Crippen LogP contribution is 2.29. The number of phenolic OH excluding ortho intramolecular Hbond substituents is 1. The molecule has 0 aliphatic carbocycles. The highest BCUT2D eigenvalue weighted by molar-refractivity contribution is 7.99. The van der Waals surface area contributed by atoms with Crippen molar-refractivity contribution in [3.63, 3.8) is 0 Å². The number of methoxy groups -OCH3 is 1. The van der Waals surface area contributed by atoms with Crippen molar-refractivity contribution in [1.29, 1.82) is 0 Å². The highest BCUT2D eigenvalue weighted by atomic mass is 32.2. The van der Waals surface area contributed by atoms with E-state index in [2.05, 4.69) is 20.7 Å². The maximum atomic E-state index is 12.5. The van der Waals surface area contributed by atoms with Crippen LogP contribution in [-0.2, 0) is 4.79 Å². The minimum atomic E-state index is -0.280. The minimum Gasteiger partial charge on any atom is -0.508 e. The summed E-state index contributed by atoms with van der Waals surface area (Å²) in [6.07, 6.45) is 0. The summed E-state index contributed by atoms with van der Waals surface area (Å²) < 4.78 is 7.17. The summed E-state index contributed by atoms with van der Waals surface area (Å²) in [6.45, 7) is 1.76. The molecule has 172 valence electrons. The second-order valence-corrected chi connectivity index (χ2v) is 8.22. The van der Waals surface area contributed by atoms with E-state index in [-0.39, 0.29) is 17.4 Å². The van der Waals surface area contributed by atoms with Crippen LogP contribution in [0.3, 0.4) is 0 Å². The Labute approximate surface area is 201 Å². The summed E-state index contributed by atoms with van der Waals surface area (Å²) in [4.78, 5) is 12.5. The van der Waals surface area contributed by atoms with Crippen molar-refractivity contribution in [2.45, 2.75) is 12.1 Å². The van der Waals surface area contributed by atoms with Crippen molar-refractivity contribution in [2.75, 3.05) is 12.9 Å². The smallest absolute Gasteiger partial charge is 0.250 e. The average Bonchev–Trinajstić information content (AvgIpc) is 3.30. The predicted molar refractivity (Wildman–Crippen MR) is 133 cm³/mol. The van der Waals surface area contributed by atoms with E-state index < -0.39 is 0 Å². The molecule has 0 unspecified atom stereocenters. The average molecular weight is 474 g/mol. The number of carbonyl (C=O) groups is 1. The number of amides is 1. The maximum Gasteiger partial charge on any atom is 0.250 e. The third-order valence-electron chi connectivity index (χ3n) is 4.94. The first-order chi connectivity index (χ1) is 16.5. The molecule has 9 heteroatoms. The molecule has 1 amide bonds. The fraction of sp³-hybridized carbons (Fsp3) is 0.120. The first-order valence-electron chi connectivity index (χ1n) is 10.5. The topological polar surface area (TPSA) is 102 Å². The van der Waals surface area contributed by atoms with Gasteiger partial charge in [0.1, 0.15) is 11.5 Å². The van der Waals surface area contributed by atoms with Crippen LogP contribution in [-0.4, -0.2) is 44.4 Å². The molecule has 8 nitrogen and oxygen atoms in total. The van der Waals surface area contributed by atoms with E-state index in [1.807, 2.05) is 65.2 Å². The van der Waals surface area contributed by atoms with E-state index in [9.17, 15) is 9.90 Å². The zero-order valence-corrected chi connectivity index (χ0v) is 19.5. The lowest BCUT2D eigenvalue weighted by Gasteiger charge is -2.10. The molecule has 2 N–H and O–H groups in total. The molecule has 0 aliphatic rings. The summed E-state index contributed by atoms with van der Waals surface area (Å²) in [5.41, 5.74) is 5.63. The van der Waals surface area contributed by atoms with Gasteiger partial charge in [0.15, 0.2) is 11.0 Å². The molecule has 4 aromatic rings. The number of phenols is 1. The summed E-state index contributed by atoms with van der Waals surface area (Å²) in [7, 11) is 1.62. The number of aromatic nitrogens is 3. The number of hydrogen-bond donors (Lipinski definition) is 2. The summed E-state index contributed by atoms with van der Waals surface area (Å²) in [5, 5.41) is 23.1. The Morgan fingerprint density at radius 3 is 2.53 bits per heavy atom. The lowest BCUT2D eigenvalue weighted by molar-refractivity contribution is -0.118. The van der Waals surface area contributed by atoms with Crippen LogP contribution in [0.15, 0.2) is 89.1 Å². The lowest BCUT2D eigenvalue weighted by atomic mass is 10.1. The number of aromatic hydroxyl groups is 1. The van der Waals surface area contributed by atoms with Gasteiger partial charge in [0.2, 0.25) is 0 Å². The number of ether oxygens (including phenoxy) is 1. The number of hydrazone groups is 1. The number of nitrogens with one attached hydrogen (secondary N) is 1. The third-order valence-corrected chi connectivity index (χ3v) is 5.87. The molecule has 0 fully saturated rings. The molecule has 3 aromatic carbocycles. The predicted octanol–water partition coefficient (Wildman–Crippen LogP) is 4.28. The van der Waals surface area contributed by atoms with E-state index in [0.29, 0.717) is 16.7 Å². The van der Waals surface area contributed by atoms with Gasteiger partial charge in [0.25, 0.3) is 5.91 Å². The van der Waals surface area contributed by atoms with E-state index in [1.54, 1.807) is 32.2 Å². The molecule has 0 spiro atoms. The van der Waals surface area contributed by atoms with Crippen molar-refractivity contribution in [2.24, 2.45) is 5.10 Å². The number of para-hydroxylation sites is 1. The second kappa shape index (κ2) is 10.7. The maximum absolute atomic E-state index is 12.5. The Morgan fingerprint density at radius 2 is 1.82 bits per heavy atom. The molecule has 0 atom stereocenters. The van der Waals surface area contributed by atoms with Gasteiger partial charge in [-0.15, -0.1) is 10.2 Å². The Bertz CT molecular complexity index is 1300. The molecule has 1 heterocycles. The van der Waals surface area contributed by atoms with Crippen molar-refractivity contribution in [3.8, 4) is 28.6 Å². The van der Waals surface area contributed by atoms with Crippen LogP contribution in [0.5, 0.6) is 11.5 Å². The Balaban J connectivity index is 1.52. The van der Waals surface area contributed by atoms with Crippen LogP contribution < -0.4 is 10.2 Å². The monoisotopic (exact) mass is 473 g/mol. The van der Waals surface area contributed by atoms with Gasteiger partial charge >= 0.3 is 0 Å². The number of thioether (sulfide) groups is 1. The summed E-state index contributed by atoms with van der Waals surface area (Å²) in [5.74, 6) is 1.38. The van der Waals surface area contributed by atoms with E-state index >= 15 is 0 Å². The van der Waals surface area contributed by atoms with Crippen molar-refractivity contribution in [1.82, 2.24) is 20.2 Å². The zero-order valence-electron chi connectivity index (χ0n) is 18.7. The number of hydrogen-bond acceptors (Lipinski definition) is 7. The summed E-state index contributed by atoms with van der Waals surface area (Å²) in [6, 6.07) is 24.0. The van der Waals surface area contributed by atoms with Gasteiger partial charge < -0.3 is 9.84 Å². The molecule has 0 saturated heterocycles. The third kappa shape index (κ3) is 5.44. The molecule has 0 aliphatic heterocycles. The van der Waals surface area contributed by atoms with Gasteiger partial charge in [-0.2, -0.15) is 5.10 Å². The van der Waals surface area contributed by atoms with Gasteiger partial charge in [-0.05, 0) is 55.5 Å². The van der Waals surface area contributed by atoms with Gasteiger partial charge in [-0.25, -0.2) is 5.43 Å². The molecule has 0 saturated carbocycles. The Kier molecular flexibility index (Phi) is 7.24. The fourth-order valence-corrected chi connectivity index (χ4v) is 3.95. The fourth-order valence-electron chi connectivity index (χ4n) is 3.20. The minimum absolute atomic E-state index is 0.102. The van der Waals surface area contributed by atoms with Crippen LogP contribution in [0.1, 0.15) is 12.5 Å². The highest BCUT2D eigenvalue weighted by Gasteiger charge is 2.17. The quantitative estimate of drug-likeness (QED) is 0.225. The van der Waals surface area contributed by atoms with Crippen LogP contribution in [0.25, 0.3) is 17.1 Å². The van der Waals surface area contributed by atoms with E-state index in [1.165, 1.54) is 11.8 Å². The number of carbonyl (C=O) groups excluding carboxylic acids is 1. The number of benzene rings is 3. The second-order valence-electron chi connectivity index (χ2n) is 7.28. The van der Waals surface area contributed by atoms with Crippen LogP contribution in [0.2, 0.25) is 0 Å². The zero-order chi connectivity index (χ0) is 23.9. The van der Waals surface area contributed by atoms with Crippen LogP contribution in [0.4, 0.5) is 0 Å². The van der Waals surface area contributed by atoms with Gasteiger partial charge in [-0.1, -0.05) is 42.1 Å². The number of rotatable bonds is 8. The van der Waals surface area contributed by atoms with E-state index in [4.69, 9.17) is 4.74 Å². The number of nitrogens with zero attached hydrogens (tertiary/aromatic N) is 4. The van der Waals surface area contributed by atoms with Gasteiger partial charge in [0.05, 0.1) is 18.6 Å². The molecule has 0 bridgehead atoms. The van der Waals surface area contributed by atoms with Crippen molar-refractivity contribution >= 4 is 23.4 Å². The molecular formula is C25H23N5O3S. The molecule has 1 aromatic heterocycles. The van der Waals surface area contributed by atoms with Crippen molar-refractivity contribution < 1.29 is 14.6 Å². The molecule has 34 heavy (non-hydrogen) atoms. The standard InChI is InChI=1S/C25H23N5O3S/c1-17(19-7-6-10-21(31)15-19)26-27-23(32)16-34-25-29-28-24(18-11-13-22(33-2)14-12-18)30(25)20-8-4-3-5-9-20/h3-15,31H,16H2,1-2H3,(H,27,32)/b26-17+. The Hall–Kier alpha value is -4.11. The SMILES string of the molecule is COc1ccc(-c2nnc(SCC(=O)N/N=C(\C)c3cccc(O)c3)n2-c2ccccc2)cc1. The van der Waals surface area contributed by atoms with Gasteiger partial charge in [-0.3, -0.25) is 9.36 Å². The molecule has 0 radical (unpaired) electrons. The normalized spacial score (nSPS) is 11.3. The molecular weight excluding hydrogens is 450 g/mol. The van der Waals surface area contributed by atoms with Gasteiger partial charge in [0, 0.05) is 16.8 Å². The molecule has 4 rings (SSSR count). The first kappa shape index (κ1) is 23.1. The largest absolute Gasteiger partial charge is 0.508 e. The van der Waals surface area contributed by atoms with Crippen molar-refractivity contribution in [3.05, 3.63) is 84.4 Å². The Morgan fingerprint density at radius 1 is 1.06 bits per heavy atom. The first-order valence-corrected chi connectivity index (χ1v) is 11.4. The summed E-state index contributed by atoms with van der Waals surface area (Å²) >= 11 is 1.27. The van der Waals surface area contributed by atoms with Crippen LogP contribution >= 0.6 is 11.8 Å². The van der Waals surface area contributed by atoms with E-state index in [0.717, 1.165) is 22.6 Å². The van der Waals surface area contributed by atoms with Crippen LogP contribution in [0, 0.1) is 0 Å². The lowest BCUT2D eigenvalue weighted by Crippen LogP contribution is -2.21.